The van der Waals surface area contributed by atoms with Gasteiger partial charge in [0, 0.05) is 27.7 Å². The molecule has 5 nitrogen and oxygen atoms in total. The number of anilines is 2. The monoisotopic (exact) mass is 437 g/mol. The standard InChI is InChI=1S/C17H13FIN3O2/c1-10-6-11(19)2-3-14(10)21-15-8-13(18)16(7-12(15)17(23)24)22-5-4-20-9-22/h2-9,21H,1H3,(H,23,24). The quantitative estimate of drug-likeness (QED) is 0.596. The van der Waals surface area contributed by atoms with Gasteiger partial charge in [-0.2, -0.15) is 0 Å². The Morgan fingerprint density at radius 1 is 1.29 bits per heavy atom. The van der Waals surface area contributed by atoms with Gasteiger partial charge in [-0.1, -0.05) is 0 Å². The zero-order chi connectivity index (χ0) is 17.3. The molecule has 1 heterocycles. The van der Waals surface area contributed by atoms with E-state index < -0.39 is 11.8 Å². The van der Waals surface area contributed by atoms with Crippen LogP contribution in [0.1, 0.15) is 15.9 Å². The molecule has 0 fully saturated rings. The highest BCUT2D eigenvalue weighted by Gasteiger charge is 2.17. The van der Waals surface area contributed by atoms with E-state index in [1.54, 1.807) is 6.20 Å². The van der Waals surface area contributed by atoms with Crippen molar-refractivity contribution < 1.29 is 14.3 Å². The van der Waals surface area contributed by atoms with Crippen LogP contribution < -0.4 is 5.32 Å². The molecule has 2 N–H and O–H groups in total. The topological polar surface area (TPSA) is 67.2 Å². The zero-order valence-electron chi connectivity index (χ0n) is 12.6. The molecule has 0 saturated heterocycles. The average molecular weight is 437 g/mol. The molecule has 0 bridgehead atoms. The summed E-state index contributed by atoms with van der Waals surface area (Å²) in [6, 6.07) is 8.18. The molecule has 7 heteroatoms. The summed E-state index contributed by atoms with van der Waals surface area (Å²) >= 11 is 2.20. The van der Waals surface area contributed by atoms with Crippen LogP contribution in [0.15, 0.2) is 49.1 Å². The zero-order valence-corrected chi connectivity index (χ0v) is 14.8. The van der Waals surface area contributed by atoms with Crippen molar-refractivity contribution in [3.05, 3.63) is 69.6 Å². The van der Waals surface area contributed by atoms with Gasteiger partial charge in [-0.05, 0) is 59.3 Å². The molecule has 0 spiro atoms. The van der Waals surface area contributed by atoms with Crippen LogP contribution in [-0.4, -0.2) is 20.6 Å². The van der Waals surface area contributed by atoms with Gasteiger partial charge in [0.1, 0.15) is 5.82 Å². The van der Waals surface area contributed by atoms with E-state index in [1.807, 2.05) is 25.1 Å². The molecule has 0 aliphatic rings. The molecule has 0 atom stereocenters. The minimum Gasteiger partial charge on any atom is -0.478 e. The summed E-state index contributed by atoms with van der Waals surface area (Å²) in [5.41, 5.74) is 1.99. The Kier molecular flexibility index (Phi) is 4.52. The van der Waals surface area contributed by atoms with Gasteiger partial charge in [0.25, 0.3) is 0 Å². The minimum atomic E-state index is -1.14. The second kappa shape index (κ2) is 6.60. The van der Waals surface area contributed by atoms with E-state index in [1.165, 1.54) is 29.2 Å². The number of hydrogen-bond acceptors (Lipinski definition) is 3. The number of nitrogens with zero attached hydrogens (tertiary/aromatic N) is 2. The van der Waals surface area contributed by atoms with Crippen molar-refractivity contribution in [2.24, 2.45) is 0 Å². The average Bonchev–Trinajstić information content (AvgIpc) is 3.04. The highest BCUT2D eigenvalue weighted by molar-refractivity contribution is 14.1. The van der Waals surface area contributed by atoms with Crippen molar-refractivity contribution in [3.8, 4) is 5.69 Å². The van der Waals surface area contributed by atoms with Crippen LogP contribution in [0.3, 0.4) is 0 Å². The number of carboxylic acids is 1. The Morgan fingerprint density at radius 2 is 2.08 bits per heavy atom. The SMILES string of the molecule is Cc1cc(I)ccc1Nc1cc(F)c(-n2ccnc2)cc1C(=O)O. The van der Waals surface area contributed by atoms with E-state index in [0.29, 0.717) is 0 Å². The Morgan fingerprint density at radius 3 is 2.71 bits per heavy atom. The fraction of sp³-hybridized carbons (Fsp3) is 0.0588. The van der Waals surface area contributed by atoms with Crippen LogP contribution >= 0.6 is 22.6 Å². The summed E-state index contributed by atoms with van der Waals surface area (Å²) in [6.07, 6.45) is 4.47. The van der Waals surface area contributed by atoms with Crippen LogP contribution in [0.25, 0.3) is 5.69 Å². The molecule has 0 radical (unpaired) electrons. The molecule has 24 heavy (non-hydrogen) atoms. The van der Waals surface area contributed by atoms with E-state index in [-0.39, 0.29) is 16.9 Å². The number of aryl methyl sites for hydroxylation is 1. The Balaban J connectivity index is 2.07. The molecule has 3 rings (SSSR count). The molecule has 0 saturated carbocycles. The smallest absolute Gasteiger partial charge is 0.337 e. The van der Waals surface area contributed by atoms with Gasteiger partial charge in [-0.25, -0.2) is 14.2 Å². The lowest BCUT2D eigenvalue weighted by molar-refractivity contribution is 0.0698. The molecular weight excluding hydrogens is 424 g/mol. The van der Waals surface area contributed by atoms with Crippen LogP contribution in [0.5, 0.6) is 0 Å². The van der Waals surface area contributed by atoms with Crippen LogP contribution in [0.2, 0.25) is 0 Å². The molecular formula is C17H13FIN3O2. The molecule has 2 aromatic carbocycles. The largest absolute Gasteiger partial charge is 0.478 e. The number of aromatic nitrogens is 2. The Hall–Kier alpha value is -2.42. The molecule has 0 unspecified atom stereocenters. The third-order valence-electron chi connectivity index (χ3n) is 3.56. The molecule has 1 aromatic heterocycles. The first-order valence-electron chi connectivity index (χ1n) is 7.04. The lowest BCUT2D eigenvalue weighted by Gasteiger charge is -2.14. The summed E-state index contributed by atoms with van der Waals surface area (Å²) in [7, 11) is 0. The van der Waals surface area contributed by atoms with Gasteiger partial charge in [-0.15, -0.1) is 0 Å². The van der Waals surface area contributed by atoms with Crippen molar-refractivity contribution in [3.63, 3.8) is 0 Å². The normalized spacial score (nSPS) is 10.6. The van der Waals surface area contributed by atoms with E-state index in [0.717, 1.165) is 14.8 Å². The fourth-order valence-electron chi connectivity index (χ4n) is 2.35. The van der Waals surface area contributed by atoms with E-state index in [9.17, 15) is 14.3 Å². The minimum absolute atomic E-state index is 0.0157. The molecule has 122 valence electrons. The highest BCUT2D eigenvalue weighted by Crippen LogP contribution is 2.28. The number of halogens is 2. The van der Waals surface area contributed by atoms with Crippen molar-refractivity contribution in [1.82, 2.24) is 9.55 Å². The van der Waals surface area contributed by atoms with Gasteiger partial charge >= 0.3 is 5.97 Å². The maximum absolute atomic E-state index is 14.4. The molecule has 3 aromatic rings. The fourth-order valence-corrected chi connectivity index (χ4v) is 3.00. The summed E-state index contributed by atoms with van der Waals surface area (Å²) in [5, 5.41) is 12.5. The van der Waals surface area contributed by atoms with Crippen molar-refractivity contribution >= 4 is 39.9 Å². The number of aromatic carboxylic acids is 1. The third-order valence-corrected chi connectivity index (χ3v) is 4.23. The lowest BCUT2D eigenvalue weighted by atomic mass is 10.1. The first-order valence-corrected chi connectivity index (χ1v) is 8.12. The Labute approximate surface area is 151 Å². The van der Waals surface area contributed by atoms with E-state index >= 15 is 0 Å². The van der Waals surface area contributed by atoms with Crippen molar-refractivity contribution in [1.29, 1.82) is 0 Å². The number of hydrogen-bond donors (Lipinski definition) is 2. The molecule has 0 amide bonds. The second-order valence-electron chi connectivity index (χ2n) is 5.21. The van der Waals surface area contributed by atoms with Gasteiger partial charge < -0.3 is 15.0 Å². The van der Waals surface area contributed by atoms with Crippen LogP contribution in [0, 0.1) is 16.3 Å². The summed E-state index contributed by atoms with van der Waals surface area (Å²) in [4.78, 5) is 15.5. The Bertz CT molecular complexity index is 910. The van der Waals surface area contributed by atoms with Crippen LogP contribution in [0.4, 0.5) is 15.8 Å². The number of nitrogens with one attached hydrogen (secondary N) is 1. The van der Waals surface area contributed by atoms with Gasteiger partial charge in [0.2, 0.25) is 0 Å². The lowest BCUT2D eigenvalue weighted by Crippen LogP contribution is -2.07. The van der Waals surface area contributed by atoms with E-state index in [4.69, 9.17) is 0 Å². The van der Waals surface area contributed by atoms with Gasteiger partial charge in [0.05, 0.1) is 23.3 Å². The van der Waals surface area contributed by atoms with Crippen molar-refractivity contribution in [2.75, 3.05) is 5.32 Å². The number of carbonyl (C=O) groups is 1. The molecule has 0 aliphatic heterocycles. The number of imidazole rings is 1. The number of benzene rings is 2. The first kappa shape index (κ1) is 16.4. The maximum atomic E-state index is 14.4. The predicted octanol–water partition coefficient (Wildman–Crippen LogP) is 4.37. The van der Waals surface area contributed by atoms with E-state index in [2.05, 4.69) is 32.9 Å². The van der Waals surface area contributed by atoms with Crippen molar-refractivity contribution in [2.45, 2.75) is 6.92 Å². The first-order chi connectivity index (χ1) is 11.5. The third kappa shape index (κ3) is 3.25. The van der Waals surface area contributed by atoms with Crippen LogP contribution in [-0.2, 0) is 0 Å². The second-order valence-corrected chi connectivity index (χ2v) is 6.45. The summed E-state index contributed by atoms with van der Waals surface area (Å²) in [6.45, 7) is 1.90. The number of carboxylic acid groups (broad SMARTS) is 1. The number of rotatable bonds is 4. The van der Waals surface area contributed by atoms with Gasteiger partial charge in [-0.3, -0.25) is 0 Å². The predicted molar refractivity (Wildman–Crippen MR) is 97.7 cm³/mol. The molecule has 0 aliphatic carbocycles. The maximum Gasteiger partial charge on any atom is 0.337 e. The van der Waals surface area contributed by atoms with Gasteiger partial charge in [0.15, 0.2) is 0 Å². The summed E-state index contributed by atoms with van der Waals surface area (Å²) < 4.78 is 16.9. The summed E-state index contributed by atoms with van der Waals surface area (Å²) in [5.74, 6) is -1.68. The highest BCUT2D eigenvalue weighted by atomic mass is 127.